The van der Waals surface area contributed by atoms with E-state index < -0.39 is 17.7 Å². The molecule has 1 amide bonds. The molecular weight excluding hydrogens is 434 g/mol. The van der Waals surface area contributed by atoms with E-state index in [0.29, 0.717) is 30.0 Å². The quantitative estimate of drug-likeness (QED) is 0.352. The highest BCUT2D eigenvalue weighted by molar-refractivity contribution is 6.52. The Hall–Kier alpha value is -4.33. The van der Waals surface area contributed by atoms with Gasteiger partial charge in [0.05, 0.1) is 29.5 Å². The van der Waals surface area contributed by atoms with Crippen molar-refractivity contribution in [3.05, 3.63) is 83.2 Å². The maximum atomic E-state index is 13.3. The van der Waals surface area contributed by atoms with Crippen LogP contribution in [0, 0.1) is 6.92 Å². The second-order valence-electron chi connectivity index (χ2n) is 8.40. The van der Waals surface area contributed by atoms with Gasteiger partial charge < -0.3 is 19.8 Å². The molecule has 8 nitrogen and oxygen atoms in total. The number of benzene rings is 2. The Morgan fingerprint density at radius 1 is 1.12 bits per heavy atom. The lowest BCUT2D eigenvalue weighted by Gasteiger charge is -2.28. The normalized spacial score (nSPS) is 19.2. The van der Waals surface area contributed by atoms with Crippen molar-refractivity contribution in [3.8, 4) is 11.5 Å². The number of pyridine rings is 1. The number of hydrogen-bond acceptors (Lipinski definition) is 7. The van der Waals surface area contributed by atoms with Gasteiger partial charge in [0.15, 0.2) is 0 Å². The predicted octanol–water partition coefficient (Wildman–Crippen LogP) is 3.55. The number of amides is 1. The molecule has 1 unspecified atom stereocenters. The van der Waals surface area contributed by atoms with Crippen molar-refractivity contribution in [3.63, 3.8) is 0 Å². The first kappa shape index (κ1) is 21.5. The summed E-state index contributed by atoms with van der Waals surface area (Å²) in [6, 6.07) is 12.4. The van der Waals surface area contributed by atoms with E-state index in [2.05, 4.69) is 4.98 Å². The van der Waals surface area contributed by atoms with Gasteiger partial charge in [-0.15, -0.1) is 0 Å². The zero-order chi connectivity index (χ0) is 24.0. The van der Waals surface area contributed by atoms with Gasteiger partial charge in [0.1, 0.15) is 23.9 Å². The number of aromatic hydroxyl groups is 1. The summed E-state index contributed by atoms with van der Waals surface area (Å²) in [5, 5.41) is 21.9. The van der Waals surface area contributed by atoms with Gasteiger partial charge in [0.25, 0.3) is 11.7 Å². The van der Waals surface area contributed by atoms with E-state index in [0.717, 1.165) is 11.3 Å². The topological polar surface area (TPSA) is 103 Å². The van der Waals surface area contributed by atoms with Crippen molar-refractivity contribution >= 4 is 28.8 Å². The third kappa shape index (κ3) is 3.44. The van der Waals surface area contributed by atoms with Crippen molar-refractivity contribution in [2.75, 3.05) is 30.0 Å². The number of nitrogens with zero attached hydrogens (tertiary/aromatic N) is 3. The predicted molar refractivity (Wildman–Crippen MR) is 127 cm³/mol. The molecule has 3 aromatic rings. The second-order valence-corrected chi connectivity index (χ2v) is 8.40. The van der Waals surface area contributed by atoms with E-state index in [1.165, 1.54) is 17.2 Å². The fourth-order valence-corrected chi connectivity index (χ4v) is 4.41. The van der Waals surface area contributed by atoms with Crippen molar-refractivity contribution < 1.29 is 24.5 Å². The average molecular weight is 457 g/mol. The van der Waals surface area contributed by atoms with Crippen molar-refractivity contribution in [2.45, 2.75) is 13.0 Å². The van der Waals surface area contributed by atoms with Gasteiger partial charge in [0, 0.05) is 25.0 Å². The largest absolute Gasteiger partial charge is 0.507 e. The number of likely N-dealkylation sites (N-methyl/N-ethyl adjacent to an activating group) is 1. The summed E-state index contributed by atoms with van der Waals surface area (Å²) in [5.41, 5.74) is 2.61. The molecule has 34 heavy (non-hydrogen) atoms. The number of phenols is 1. The zero-order valence-electron chi connectivity index (χ0n) is 18.7. The van der Waals surface area contributed by atoms with Crippen LogP contribution in [0.15, 0.2) is 66.5 Å². The van der Waals surface area contributed by atoms with Crippen LogP contribution in [0.4, 0.5) is 11.4 Å². The molecule has 0 aliphatic carbocycles. The minimum Gasteiger partial charge on any atom is -0.507 e. The molecule has 1 aromatic heterocycles. The van der Waals surface area contributed by atoms with Crippen LogP contribution >= 0.6 is 0 Å². The molecule has 3 heterocycles. The second kappa shape index (κ2) is 8.22. The summed E-state index contributed by atoms with van der Waals surface area (Å²) in [6.07, 6.45) is 3.12. The Morgan fingerprint density at radius 2 is 1.94 bits per heavy atom. The SMILES string of the molecule is Cc1ccc(O)c(N2C(=O)C(=O)/C(=C(\O)c3ccc4c(c3)N(C)CCO4)C2c2cccnc2)c1. The first-order valence-electron chi connectivity index (χ1n) is 10.9. The standard InChI is InChI=1S/C26H23N3O5/c1-15-5-7-20(30)18(12-15)29-23(17-4-3-9-27-14-17)22(25(32)26(29)33)24(31)16-6-8-21-19(13-16)28(2)10-11-34-21/h3-9,12-14,23,30-31H,10-11H2,1-2H3/b24-22-. The first-order valence-corrected chi connectivity index (χ1v) is 10.9. The van der Waals surface area contributed by atoms with Crippen LogP contribution < -0.4 is 14.5 Å². The van der Waals surface area contributed by atoms with Crippen LogP contribution in [0.1, 0.15) is 22.7 Å². The number of hydrogen-bond donors (Lipinski definition) is 2. The maximum absolute atomic E-state index is 13.3. The van der Waals surface area contributed by atoms with Gasteiger partial charge in [-0.3, -0.25) is 19.5 Å². The maximum Gasteiger partial charge on any atom is 0.300 e. The molecule has 2 N–H and O–H groups in total. The first-order chi connectivity index (χ1) is 16.4. The number of aliphatic hydroxyl groups excluding tert-OH is 1. The minimum absolute atomic E-state index is 0.0711. The summed E-state index contributed by atoms with van der Waals surface area (Å²) in [4.78, 5) is 33.9. The molecule has 2 aromatic carbocycles. The van der Waals surface area contributed by atoms with Crippen LogP contribution in [-0.4, -0.2) is 47.1 Å². The Balaban J connectivity index is 1.72. The van der Waals surface area contributed by atoms with E-state index in [1.807, 2.05) is 18.9 Å². The molecule has 0 radical (unpaired) electrons. The van der Waals surface area contributed by atoms with Crippen LogP contribution in [0.2, 0.25) is 0 Å². The molecule has 1 atom stereocenters. The van der Waals surface area contributed by atoms with Crippen LogP contribution in [0.3, 0.4) is 0 Å². The van der Waals surface area contributed by atoms with E-state index in [9.17, 15) is 19.8 Å². The zero-order valence-corrected chi connectivity index (χ0v) is 18.7. The smallest absolute Gasteiger partial charge is 0.300 e. The van der Waals surface area contributed by atoms with Crippen molar-refractivity contribution in [1.82, 2.24) is 4.98 Å². The number of rotatable bonds is 3. The molecule has 2 aliphatic heterocycles. The monoisotopic (exact) mass is 457 g/mol. The molecule has 1 saturated heterocycles. The highest BCUT2D eigenvalue weighted by Crippen LogP contribution is 2.45. The lowest BCUT2D eigenvalue weighted by molar-refractivity contribution is -0.132. The number of anilines is 2. The fourth-order valence-electron chi connectivity index (χ4n) is 4.41. The molecule has 0 bridgehead atoms. The number of ketones is 1. The highest BCUT2D eigenvalue weighted by Gasteiger charge is 2.48. The third-order valence-corrected chi connectivity index (χ3v) is 6.16. The summed E-state index contributed by atoms with van der Waals surface area (Å²) >= 11 is 0. The Bertz CT molecular complexity index is 1340. The molecule has 1 fully saturated rings. The number of fused-ring (bicyclic) bond motifs is 1. The van der Waals surface area contributed by atoms with Gasteiger partial charge in [-0.2, -0.15) is 0 Å². The average Bonchev–Trinajstić information content (AvgIpc) is 3.11. The van der Waals surface area contributed by atoms with Gasteiger partial charge in [0.2, 0.25) is 0 Å². The number of carbonyl (C=O) groups is 2. The number of Topliss-reactive ketones (excluding diaryl/α,β-unsaturated/α-hetero) is 1. The van der Waals surface area contributed by atoms with E-state index in [4.69, 9.17) is 4.74 Å². The minimum atomic E-state index is -0.966. The Kier molecular flexibility index (Phi) is 5.20. The highest BCUT2D eigenvalue weighted by atomic mass is 16.5. The number of aliphatic hydroxyl groups is 1. The molecule has 172 valence electrons. The van der Waals surface area contributed by atoms with E-state index in [-0.39, 0.29) is 22.8 Å². The number of ether oxygens (including phenoxy) is 1. The molecule has 0 spiro atoms. The lowest BCUT2D eigenvalue weighted by Crippen LogP contribution is -2.29. The third-order valence-electron chi connectivity index (χ3n) is 6.16. The number of aromatic nitrogens is 1. The van der Waals surface area contributed by atoms with Crippen molar-refractivity contribution in [2.24, 2.45) is 0 Å². The van der Waals surface area contributed by atoms with E-state index in [1.54, 1.807) is 48.7 Å². The Morgan fingerprint density at radius 3 is 2.71 bits per heavy atom. The van der Waals surface area contributed by atoms with Crippen LogP contribution in [0.5, 0.6) is 11.5 Å². The van der Waals surface area contributed by atoms with E-state index >= 15 is 0 Å². The van der Waals surface area contributed by atoms with Gasteiger partial charge in [-0.25, -0.2) is 0 Å². The van der Waals surface area contributed by atoms with Gasteiger partial charge >= 0.3 is 0 Å². The number of aryl methyl sites for hydroxylation is 1. The molecule has 8 heteroatoms. The van der Waals surface area contributed by atoms with Crippen LogP contribution in [-0.2, 0) is 9.59 Å². The molecular formula is C26H23N3O5. The van der Waals surface area contributed by atoms with Gasteiger partial charge in [-0.1, -0.05) is 12.1 Å². The Labute approximate surface area is 196 Å². The van der Waals surface area contributed by atoms with Gasteiger partial charge in [-0.05, 0) is 54.4 Å². The summed E-state index contributed by atoms with van der Waals surface area (Å²) in [5.74, 6) is -1.44. The summed E-state index contributed by atoms with van der Waals surface area (Å²) < 4.78 is 5.68. The fraction of sp³-hybridized carbons (Fsp3) is 0.192. The molecule has 0 saturated carbocycles. The molecule has 5 rings (SSSR count). The van der Waals surface area contributed by atoms with Crippen LogP contribution in [0.25, 0.3) is 5.76 Å². The lowest BCUT2D eigenvalue weighted by atomic mass is 9.95. The van der Waals surface area contributed by atoms with Crippen molar-refractivity contribution in [1.29, 1.82) is 0 Å². The summed E-state index contributed by atoms with van der Waals surface area (Å²) in [6.45, 7) is 3.06. The summed E-state index contributed by atoms with van der Waals surface area (Å²) in [7, 11) is 1.92. The molecule has 2 aliphatic rings. The number of carbonyl (C=O) groups excluding carboxylic acids is 2. The number of phenolic OH excluding ortho intramolecular Hbond substituents is 1.